The van der Waals surface area contributed by atoms with Gasteiger partial charge in [-0.15, -0.1) is 0 Å². The summed E-state index contributed by atoms with van der Waals surface area (Å²) in [5, 5.41) is 24.3. The maximum absolute atomic E-state index is 10.6. The van der Waals surface area contributed by atoms with Gasteiger partial charge in [-0.1, -0.05) is 12.1 Å². The van der Waals surface area contributed by atoms with Gasteiger partial charge in [0.25, 0.3) is 5.69 Å². The minimum Gasteiger partial charge on any atom is -0.388 e. The van der Waals surface area contributed by atoms with Crippen LogP contribution in [0.2, 0.25) is 0 Å². The van der Waals surface area contributed by atoms with Crippen molar-refractivity contribution in [3.8, 4) is 0 Å². The highest BCUT2D eigenvalue weighted by Gasteiger charge is 2.08. The Morgan fingerprint density at radius 3 is 2.64 bits per heavy atom. The van der Waals surface area contributed by atoms with E-state index in [-0.39, 0.29) is 12.3 Å². The number of nitro groups is 1. The molecule has 0 amide bonds. The fourth-order valence-corrected chi connectivity index (χ4v) is 2.10. The van der Waals surface area contributed by atoms with E-state index in [1.807, 2.05) is 24.3 Å². The summed E-state index contributed by atoms with van der Waals surface area (Å²) in [6.07, 6.45) is 1.57. The summed E-state index contributed by atoms with van der Waals surface area (Å²) in [7, 11) is 0. The van der Waals surface area contributed by atoms with E-state index < -0.39 is 4.92 Å². The fourth-order valence-electron chi connectivity index (χ4n) is 2.10. The van der Waals surface area contributed by atoms with Crippen LogP contribution in [0, 0.1) is 10.1 Å². The first-order chi connectivity index (χ1) is 10.7. The lowest BCUT2D eigenvalue weighted by atomic mass is 10.2. The number of hydrogen-bond acceptors (Lipinski definition) is 5. The molecule has 0 bridgehead atoms. The van der Waals surface area contributed by atoms with Crippen molar-refractivity contribution in [3.05, 3.63) is 70.0 Å². The Morgan fingerprint density at radius 1 is 1.23 bits per heavy atom. The molecule has 1 aromatic heterocycles. The Labute approximate surface area is 125 Å². The number of imidazole rings is 1. The number of non-ortho nitro benzene ring substituents is 1. The summed E-state index contributed by atoms with van der Waals surface area (Å²) in [5.74, 6) is 0.430. The van der Waals surface area contributed by atoms with Gasteiger partial charge in [-0.2, -0.15) is 5.10 Å². The number of nitro benzene ring substituents is 1. The molecule has 1 N–H and O–H groups in total. The first-order valence-electron chi connectivity index (χ1n) is 6.55. The third-order valence-electron chi connectivity index (χ3n) is 3.17. The molecule has 7 heteroatoms. The maximum atomic E-state index is 10.6. The molecule has 0 aliphatic heterocycles. The van der Waals surface area contributed by atoms with Crippen LogP contribution in [0.15, 0.2) is 53.6 Å². The molecule has 0 fully saturated rings. The van der Waals surface area contributed by atoms with E-state index in [0.29, 0.717) is 11.4 Å². The zero-order valence-electron chi connectivity index (χ0n) is 11.5. The van der Waals surface area contributed by atoms with Crippen molar-refractivity contribution >= 4 is 22.9 Å². The van der Waals surface area contributed by atoms with Crippen LogP contribution < -0.4 is 0 Å². The van der Waals surface area contributed by atoms with Crippen molar-refractivity contribution in [1.82, 2.24) is 9.66 Å². The van der Waals surface area contributed by atoms with Gasteiger partial charge in [-0.25, -0.2) is 9.66 Å². The summed E-state index contributed by atoms with van der Waals surface area (Å²) in [6, 6.07) is 13.5. The summed E-state index contributed by atoms with van der Waals surface area (Å²) in [5.41, 5.74) is 2.27. The minimum absolute atomic E-state index is 0.0290. The number of fused-ring (bicyclic) bond motifs is 1. The highest BCUT2D eigenvalue weighted by molar-refractivity contribution is 5.81. The van der Waals surface area contributed by atoms with E-state index in [4.69, 9.17) is 0 Å². The van der Waals surface area contributed by atoms with Crippen molar-refractivity contribution in [1.29, 1.82) is 0 Å². The molecular weight excluding hydrogens is 284 g/mol. The Bertz CT molecular complexity index is 853. The number of hydrogen-bond donors (Lipinski definition) is 1. The minimum atomic E-state index is -0.450. The zero-order valence-corrected chi connectivity index (χ0v) is 11.5. The SMILES string of the molecule is O=[N+]([O-])c1ccc(C=Nn2c(CO)nc3ccccc32)cc1. The Kier molecular flexibility index (Phi) is 3.63. The quantitative estimate of drug-likeness (QED) is 0.454. The summed E-state index contributed by atoms with van der Waals surface area (Å²) in [6.45, 7) is -0.230. The van der Waals surface area contributed by atoms with Crippen LogP contribution in [0.4, 0.5) is 5.69 Å². The van der Waals surface area contributed by atoms with Gasteiger partial charge in [0.1, 0.15) is 6.61 Å². The first-order valence-corrected chi connectivity index (χ1v) is 6.55. The third kappa shape index (κ3) is 2.57. The lowest BCUT2D eigenvalue weighted by Crippen LogP contribution is -1.98. The standard InChI is InChI=1S/C15H12N4O3/c20-10-15-17-13-3-1-2-4-14(13)18(15)16-9-11-5-7-12(8-6-11)19(21)22/h1-9,20H,10H2. The van der Waals surface area contributed by atoms with Crippen molar-refractivity contribution in [2.75, 3.05) is 0 Å². The average Bonchev–Trinajstić information content (AvgIpc) is 2.91. The molecule has 0 aliphatic carbocycles. The molecule has 0 unspecified atom stereocenters. The molecule has 22 heavy (non-hydrogen) atoms. The van der Waals surface area contributed by atoms with Gasteiger partial charge >= 0.3 is 0 Å². The van der Waals surface area contributed by atoms with Crippen molar-refractivity contribution in [3.63, 3.8) is 0 Å². The van der Waals surface area contributed by atoms with Gasteiger partial charge in [0, 0.05) is 12.1 Å². The summed E-state index contributed by atoms with van der Waals surface area (Å²) < 4.78 is 1.55. The lowest BCUT2D eigenvalue weighted by Gasteiger charge is -2.00. The predicted molar refractivity (Wildman–Crippen MR) is 81.7 cm³/mol. The van der Waals surface area contributed by atoms with Gasteiger partial charge in [0.15, 0.2) is 5.82 Å². The van der Waals surface area contributed by atoms with E-state index in [1.54, 1.807) is 23.0 Å². The van der Waals surface area contributed by atoms with Gasteiger partial charge < -0.3 is 5.11 Å². The number of aliphatic hydroxyl groups excluding tert-OH is 1. The fraction of sp³-hybridized carbons (Fsp3) is 0.0667. The van der Waals surface area contributed by atoms with Gasteiger partial charge in [-0.3, -0.25) is 10.1 Å². The molecule has 3 rings (SSSR count). The summed E-state index contributed by atoms with van der Waals surface area (Å²) in [4.78, 5) is 14.5. The lowest BCUT2D eigenvalue weighted by molar-refractivity contribution is -0.384. The number of aliphatic hydroxyl groups is 1. The van der Waals surface area contributed by atoms with E-state index in [2.05, 4.69) is 10.1 Å². The second-order valence-electron chi connectivity index (χ2n) is 4.58. The largest absolute Gasteiger partial charge is 0.388 e. The first kappa shape index (κ1) is 13.9. The highest BCUT2D eigenvalue weighted by Crippen LogP contribution is 2.16. The van der Waals surface area contributed by atoms with Crippen LogP contribution in [-0.4, -0.2) is 25.9 Å². The molecule has 7 nitrogen and oxygen atoms in total. The second kappa shape index (κ2) is 5.74. The third-order valence-corrected chi connectivity index (χ3v) is 3.17. The Balaban J connectivity index is 1.96. The van der Waals surface area contributed by atoms with Gasteiger partial charge in [0.05, 0.1) is 22.2 Å². The number of nitrogens with zero attached hydrogens (tertiary/aromatic N) is 4. The van der Waals surface area contributed by atoms with Crippen LogP contribution >= 0.6 is 0 Å². The summed E-state index contributed by atoms with van der Waals surface area (Å²) >= 11 is 0. The van der Waals surface area contributed by atoms with Crippen LogP contribution in [0.5, 0.6) is 0 Å². The highest BCUT2D eigenvalue weighted by atomic mass is 16.6. The molecule has 0 radical (unpaired) electrons. The van der Waals surface area contributed by atoms with Gasteiger partial charge in [0.2, 0.25) is 0 Å². The Morgan fingerprint density at radius 2 is 1.95 bits per heavy atom. The van der Waals surface area contributed by atoms with E-state index >= 15 is 0 Å². The van der Waals surface area contributed by atoms with E-state index in [1.165, 1.54) is 12.1 Å². The molecule has 0 saturated carbocycles. The molecule has 2 aromatic carbocycles. The van der Waals surface area contributed by atoms with E-state index in [9.17, 15) is 15.2 Å². The molecule has 0 spiro atoms. The van der Waals surface area contributed by atoms with Crippen molar-refractivity contribution < 1.29 is 10.0 Å². The molecule has 110 valence electrons. The van der Waals surface area contributed by atoms with Crippen LogP contribution in [0.3, 0.4) is 0 Å². The van der Waals surface area contributed by atoms with Crippen molar-refractivity contribution in [2.45, 2.75) is 6.61 Å². The molecule has 0 atom stereocenters. The molecule has 0 aliphatic rings. The Hall–Kier alpha value is -3.06. The van der Waals surface area contributed by atoms with Gasteiger partial charge in [-0.05, 0) is 29.8 Å². The predicted octanol–water partition coefficient (Wildman–Crippen LogP) is 2.32. The average molecular weight is 296 g/mol. The van der Waals surface area contributed by atoms with Crippen LogP contribution in [0.25, 0.3) is 11.0 Å². The normalized spacial score (nSPS) is 11.3. The smallest absolute Gasteiger partial charge is 0.269 e. The zero-order chi connectivity index (χ0) is 15.5. The monoisotopic (exact) mass is 296 g/mol. The number of aromatic nitrogens is 2. The molecule has 1 heterocycles. The number of benzene rings is 2. The maximum Gasteiger partial charge on any atom is 0.269 e. The van der Waals surface area contributed by atoms with Crippen LogP contribution in [0.1, 0.15) is 11.4 Å². The molecular formula is C15H12N4O3. The van der Waals surface area contributed by atoms with E-state index in [0.717, 1.165) is 11.0 Å². The van der Waals surface area contributed by atoms with Crippen molar-refractivity contribution in [2.24, 2.45) is 5.10 Å². The van der Waals surface area contributed by atoms with Crippen LogP contribution in [-0.2, 0) is 6.61 Å². The number of rotatable bonds is 4. The molecule has 3 aromatic rings. The molecule has 0 saturated heterocycles. The topological polar surface area (TPSA) is 93.5 Å². The second-order valence-corrected chi connectivity index (χ2v) is 4.58. The number of para-hydroxylation sites is 2.